The van der Waals surface area contributed by atoms with E-state index in [4.69, 9.17) is 4.98 Å². The molecule has 6 heteroatoms. The van der Waals surface area contributed by atoms with Gasteiger partial charge in [0.05, 0.1) is 11.0 Å². The fourth-order valence-corrected chi connectivity index (χ4v) is 4.21. The third-order valence-electron chi connectivity index (χ3n) is 5.81. The first-order valence-electron chi connectivity index (χ1n) is 10.7. The summed E-state index contributed by atoms with van der Waals surface area (Å²) in [5.74, 6) is 2.09. The normalized spacial score (nSPS) is 14.2. The van der Waals surface area contributed by atoms with Crippen molar-refractivity contribution in [3.63, 3.8) is 0 Å². The van der Waals surface area contributed by atoms with Crippen LogP contribution in [-0.2, 0) is 11.2 Å². The molecule has 0 spiro atoms. The molecular formula is C25H25N5O. The molecule has 6 nitrogen and oxygen atoms in total. The van der Waals surface area contributed by atoms with Gasteiger partial charge < -0.3 is 9.80 Å². The van der Waals surface area contributed by atoms with Crippen LogP contribution >= 0.6 is 0 Å². The van der Waals surface area contributed by atoms with Crippen LogP contribution in [0.5, 0.6) is 0 Å². The highest BCUT2D eigenvalue weighted by atomic mass is 16.2. The Morgan fingerprint density at radius 1 is 0.839 bits per heavy atom. The molecule has 2 aromatic heterocycles. The minimum atomic E-state index is 0.187. The van der Waals surface area contributed by atoms with Gasteiger partial charge in [0.25, 0.3) is 0 Å². The molecule has 0 N–H and O–H groups in total. The van der Waals surface area contributed by atoms with Crippen molar-refractivity contribution in [1.82, 2.24) is 19.4 Å². The number of hydrogen-bond acceptors (Lipinski definition) is 4. The number of aryl methyl sites for hydroxylation is 1. The maximum Gasteiger partial charge on any atom is 0.223 e. The van der Waals surface area contributed by atoms with Crippen LogP contribution in [0.1, 0.15) is 12.2 Å². The molecule has 0 bridgehead atoms. The smallest absolute Gasteiger partial charge is 0.223 e. The van der Waals surface area contributed by atoms with Gasteiger partial charge in [-0.3, -0.25) is 9.36 Å². The molecule has 1 fully saturated rings. The van der Waals surface area contributed by atoms with E-state index < -0.39 is 0 Å². The predicted octanol–water partition coefficient (Wildman–Crippen LogP) is 3.70. The van der Waals surface area contributed by atoms with E-state index in [0.717, 1.165) is 54.5 Å². The van der Waals surface area contributed by atoms with Crippen molar-refractivity contribution in [2.24, 2.45) is 0 Å². The van der Waals surface area contributed by atoms with E-state index in [9.17, 15) is 4.79 Å². The van der Waals surface area contributed by atoms with Crippen LogP contribution in [0.3, 0.4) is 0 Å². The average molecular weight is 412 g/mol. The molecule has 3 heterocycles. The van der Waals surface area contributed by atoms with Crippen molar-refractivity contribution < 1.29 is 4.79 Å². The van der Waals surface area contributed by atoms with Crippen LogP contribution in [0.2, 0.25) is 0 Å². The second-order valence-corrected chi connectivity index (χ2v) is 7.74. The van der Waals surface area contributed by atoms with E-state index in [-0.39, 0.29) is 5.91 Å². The average Bonchev–Trinajstić information content (AvgIpc) is 3.22. The zero-order chi connectivity index (χ0) is 21.0. The second kappa shape index (κ2) is 8.60. The Kier molecular flexibility index (Phi) is 5.35. The Labute approximate surface area is 181 Å². The minimum absolute atomic E-state index is 0.187. The number of fused-ring (bicyclic) bond motifs is 1. The number of carbonyl (C=O) groups excluding carboxylic acids is 1. The minimum Gasteiger partial charge on any atom is -0.353 e. The standard InChI is InChI=1S/C25H25N5O/c31-25(29-18-16-28(17-19-29)23-12-6-7-15-26-23)14-13-24-27-21-10-4-5-11-22(21)30(24)20-8-2-1-3-9-20/h1-12,15H,13-14,16-19H2. The van der Waals surface area contributed by atoms with Gasteiger partial charge in [0, 0.05) is 50.9 Å². The van der Waals surface area contributed by atoms with Crippen molar-refractivity contribution in [3.05, 3.63) is 84.8 Å². The Bertz CT molecular complexity index is 1160. The van der Waals surface area contributed by atoms with Crippen LogP contribution in [0.4, 0.5) is 5.82 Å². The Balaban J connectivity index is 1.28. The van der Waals surface area contributed by atoms with Crippen molar-refractivity contribution >= 4 is 22.8 Å². The summed E-state index contributed by atoms with van der Waals surface area (Å²) in [5.41, 5.74) is 3.10. The predicted molar refractivity (Wildman–Crippen MR) is 122 cm³/mol. The monoisotopic (exact) mass is 411 g/mol. The van der Waals surface area contributed by atoms with Gasteiger partial charge in [-0.05, 0) is 36.4 Å². The zero-order valence-corrected chi connectivity index (χ0v) is 17.4. The summed E-state index contributed by atoms with van der Waals surface area (Å²) in [6.45, 7) is 3.07. The first-order chi connectivity index (χ1) is 15.3. The summed E-state index contributed by atoms with van der Waals surface area (Å²) >= 11 is 0. The molecule has 0 radical (unpaired) electrons. The van der Waals surface area contributed by atoms with Gasteiger partial charge in [-0.25, -0.2) is 9.97 Å². The van der Waals surface area contributed by atoms with Crippen LogP contribution in [0.15, 0.2) is 79.0 Å². The van der Waals surface area contributed by atoms with E-state index in [2.05, 4.69) is 32.7 Å². The van der Waals surface area contributed by atoms with Gasteiger partial charge >= 0.3 is 0 Å². The maximum atomic E-state index is 12.9. The molecule has 4 aromatic rings. The van der Waals surface area contributed by atoms with Gasteiger partial charge in [0.1, 0.15) is 11.6 Å². The number of benzene rings is 2. The molecule has 1 amide bonds. The van der Waals surface area contributed by atoms with Crippen LogP contribution in [0.25, 0.3) is 16.7 Å². The van der Waals surface area contributed by atoms with E-state index in [1.165, 1.54) is 0 Å². The summed E-state index contributed by atoms with van der Waals surface area (Å²) in [6, 6.07) is 24.3. The fraction of sp³-hybridized carbons (Fsp3) is 0.240. The lowest BCUT2D eigenvalue weighted by Gasteiger charge is -2.35. The van der Waals surface area contributed by atoms with Crippen molar-refractivity contribution in [3.8, 4) is 5.69 Å². The molecule has 31 heavy (non-hydrogen) atoms. The first-order valence-corrected chi connectivity index (χ1v) is 10.7. The number of rotatable bonds is 5. The van der Waals surface area contributed by atoms with Crippen LogP contribution in [-0.4, -0.2) is 51.5 Å². The van der Waals surface area contributed by atoms with Crippen LogP contribution < -0.4 is 4.90 Å². The van der Waals surface area contributed by atoms with Crippen LogP contribution in [0, 0.1) is 0 Å². The lowest BCUT2D eigenvalue weighted by molar-refractivity contribution is -0.131. The molecule has 1 aliphatic heterocycles. The molecule has 5 rings (SSSR count). The van der Waals surface area contributed by atoms with E-state index >= 15 is 0 Å². The largest absolute Gasteiger partial charge is 0.353 e. The number of piperazine rings is 1. The number of nitrogens with zero attached hydrogens (tertiary/aromatic N) is 5. The topological polar surface area (TPSA) is 54.3 Å². The SMILES string of the molecule is O=C(CCc1nc2ccccc2n1-c1ccccc1)N1CCN(c2ccccn2)CC1. The van der Waals surface area contributed by atoms with E-state index in [1.807, 2.05) is 65.7 Å². The lowest BCUT2D eigenvalue weighted by atomic mass is 10.2. The number of aromatic nitrogens is 3. The third-order valence-corrected chi connectivity index (χ3v) is 5.81. The molecule has 0 atom stereocenters. The van der Waals surface area contributed by atoms with E-state index in [1.54, 1.807) is 0 Å². The molecular weight excluding hydrogens is 386 g/mol. The summed E-state index contributed by atoms with van der Waals surface area (Å²) in [5, 5.41) is 0. The number of amides is 1. The Hall–Kier alpha value is -3.67. The summed E-state index contributed by atoms with van der Waals surface area (Å²) in [4.78, 5) is 26.4. The van der Waals surface area contributed by atoms with Gasteiger partial charge in [0.2, 0.25) is 5.91 Å². The first kappa shape index (κ1) is 19.3. The molecule has 0 aliphatic carbocycles. The number of carbonyl (C=O) groups is 1. The third kappa shape index (κ3) is 4.01. The number of para-hydroxylation sites is 3. The molecule has 0 unspecified atom stereocenters. The summed E-state index contributed by atoms with van der Waals surface area (Å²) < 4.78 is 2.17. The molecule has 2 aromatic carbocycles. The molecule has 1 saturated heterocycles. The van der Waals surface area contributed by atoms with Gasteiger partial charge in [-0.2, -0.15) is 0 Å². The molecule has 1 aliphatic rings. The molecule has 0 saturated carbocycles. The summed E-state index contributed by atoms with van der Waals surface area (Å²) in [7, 11) is 0. The Morgan fingerprint density at radius 3 is 2.35 bits per heavy atom. The number of imidazole rings is 1. The zero-order valence-electron chi connectivity index (χ0n) is 17.4. The Morgan fingerprint density at radius 2 is 1.58 bits per heavy atom. The number of anilines is 1. The fourth-order valence-electron chi connectivity index (χ4n) is 4.21. The number of hydrogen-bond donors (Lipinski definition) is 0. The van der Waals surface area contributed by atoms with Gasteiger partial charge in [-0.15, -0.1) is 0 Å². The molecule has 156 valence electrons. The van der Waals surface area contributed by atoms with Gasteiger partial charge in [-0.1, -0.05) is 36.4 Å². The quantitative estimate of drug-likeness (QED) is 0.503. The van der Waals surface area contributed by atoms with Crippen molar-refractivity contribution in [1.29, 1.82) is 0 Å². The highest BCUT2D eigenvalue weighted by molar-refractivity contribution is 5.79. The highest BCUT2D eigenvalue weighted by Gasteiger charge is 2.22. The van der Waals surface area contributed by atoms with E-state index in [0.29, 0.717) is 12.8 Å². The lowest BCUT2D eigenvalue weighted by Crippen LogP contribution is -2.49. The van der Waals surface area contributed by atoms with Crippen molar-refractivity contribution in [2.45, 2.75) is 12.8 Å². The maximum absolute atomic E-state index is 12.9. The second-order valence-electron chi connectivity index (χ2n) is 7.74. The summed E-state index contributed by atoms with van der Waals surface area (Å²) in [6.07, 6.45) is 2.88. The highest BCUT2D eigenvalue weighted by Crippen LogP contribution is 2.22. The number of pyridine rings is 1. The van der Waals surface area contributed by atoms with Gasteiger partial charge in [0.15, 0.2) is 0 Å². The van der Waals surface area contributed by atoms with Crippen molar-refractivity contribution in [2.75, 3.05) is 31.1 Å².